The smallest absolute Gasteiger partial charge is 0.317 e. The molecule has 0 fully saturated rings. The van der Waals surface area contributed by atoms with Crippen LogP contribution in [0.4, 0.5) is 5.69 Å². The van der Waals surface area contributed by atoms with Gasteiger partial charge in [-0.2, -0.15) is 0 Å². The van der Waals surface area contributed by atoms with Gasteiger partial charge in [-0.05, 0) is 99.7 Å². The molecule has 3 aliphatic heterocycles. The molecular formula is C59H77N13O15. The molecule has 87 heavy (non-hydrogen) atoms. The lowest BCUT2D eigenvalue weighted by molar-refractivity contribution is -0.140. The number of carbonyl (C=O) groups excluding carboxylic acids is 3. The number of Topliss-reactive ketones (excluding diaryl/α,β-unsaturated/α-hetero) is 2. The van der Waals surface area contributed by atoms with Crippen LogP contribution in [0.25, 0.3) is 0 Å². The third-order valence-electron chi connectivity index (χ3n) is 14.7. The molecule has 28 nitrogen and oxygen atoms in total. The van der Waals surface area contributed by atoms with Crippen molar-refractivity contribution >= 4 is 59.0 Å². The minimum absolute atomic E-state index is 0.0468. The quantitative estimate of drug-likeness (QED) is 0.0603. The Labute approximate surface area is 503 Å². The van der Waals surface area contributed by atoms with Gasteiger partial charge in [-0.15, -0.1) is 0 Å². The Balaban J connectivity index is 1.29. The Bertz CT molecular complexity index is 2990. The molecular weight excluding hydrogens is 1130 g/mol. The molecule has 468 valence electrons. The van der Waals surface area contributed by atoms with Gasteiger partial charge in [0.25, 0.3) is 5.91 Å². The molecule has 0 radical (unpaired) electrons. The monoisotopic (exact) mass is 1210 g/mol. The number of likely N-dealkylation sites (N-methyl/N-ethyl adjacent to an activating group) is 1. The van der Waals surface area contributed by atoms with Crippen molar-refractivity contribution in [3.05, 3.63) is 117 Å². The molecule has 3 aromatic heterocycles. The van der Waals surface area contributed by atoms with Gasteiger partial charge in [0, 0.05) is 127 Å². The van der Waals surface area contributed by atoms with Gasteiger partial charge in [-0.1, -0.05) is 0 Å². The molecule has 0 atom stereocenters. The van der Waals surface area contributed by atoms with Gasteiger partial charge < -0.3 is 40.9 Å². The second-order valence-corrected chi connectivity index (χ2v) is 22.8. The summed E-state index contributed by atoms with van der Waals surface area (Å²) in [5, 5.41) is 61.9. The van der Waals surface area contributed by atoms with Crippen LogP contribution in [0, 0.1) is 0 Å². The van der Waals surface area contributed by atoms with Crippen molar-refractivity contribution in [1.29, 1.82) is 0 Å². The highest BCUT2D eigenvalue weighted by atomic mass is 16.4. The predicted molar refractivity (Wildman–Crippen MR) is 313 cm³/mol. The molecule has 4 aromatic rings. The number of hydrogen-bond acceptors (Lipinski definition) is 21. The van der Waals surface area contributed by atoms with E-state index in [4.69, 9.17) is 15.0 Å². The highest BCUT2D eigenvalue weighted by Crippen LogP contribution is 2.23. The summed E-state index contributed by atoms with van der Waals surface area (Å²) in [6, 6.07) is 13.9. The van der Waals surface area contributed by atoms with Crippen LogP contribution in [0.5, 0.6) is 0 Å². The number of pyridine rings is 3. The van der Waals surface area contributed by atoms with Crippen LogP contribution in [0.2, 0.25) is 0 Å². The first-order valence-electron chi connectivity index (χ1n) is 28.6. The highest BCUT2D eigenvalue weighted by Gasteiger charge is 2.25. The summed E-state index contributed by atoms with van der Waals surface area (Å²) in [5.74, 6) is -8.20. The lowest BCUT2D eigenvalue weighted by Gasteiger charge is -2.29. The first-order valence-corrected chi connectivity index (χ1v) is 28.6. The number of nitrogens with one attached hydrogen (secondary N) is 1. The Hall–Kier alpha value is -8.06. The topological polar surface area (TPSA) is 355 Å². The van der Waals surface area contributed by atoms with Gasteiger partial charge >= 0.3 is 35.8 Å². The third-order valence-corrected chi connectivity index (χ3v) is 14.7. The normalized spacial score (nSPS) is 17.6. The maximum Gasteiger partial charge on any atom is 0.317 e. The zero-order valence-electron chi connectivity index (χ0n) is 49.3. The van der Waals surface area contributed by atoms with Gasteiger partial charge in [-0.25, -0.2) is 0 Å². The van der Waals surface area contributed by atoms with Gasteiger partial charge in [0.2, 0.25) is 0 Å². The van der Waals surface area contributed by atoms with E-state index in [0.717, 1.165) is 0 Å². The van der Waals surface area contributed by atoms with Crippen LogP contribution >= 0.6 is 0 Å². The number of rotatable bonds is 20. The lowest BCUT2D eigenvalue weighted by Crippen LogP contribution is -2.41. The third kappa shape index (κ3) is 22.3. The number of carbonyl (C=O) groups is 9. The van der Waals surface area contributed by atoms with Crippen molar-refractivity contribution in [1.82, 2.24) is 59.1 Å². The fraction of sp³-hybridized carbons (Fsp3) is 0.492. The number of nitrogens with zero attached hydrogens (tertiary/aromatic N) is 12. The van der Waals surface area contributed by atoms with Crippen molar-refractivity contribution in [3.63, 3.8) is 0 Å². The van der Waals surface area contributed by atoms with E-state index in [1.165, 1.54) is 18.2 Å². The van der Waals surface area contributed by atoms with Crippen LogP contribution in [-0.2, 0) is 80.9 Å². The molecule has 7 rings (SSSR count). The van der Waals surface area contributed by atoms with E-state index >= 15 is 0 Å². The molecule has 0 saturated carbocycles. The maximum atomic E-state index is 14.9. The number of ketones is 2. The first-order chi connectivity index (χ1) is 41.3. The van der Waals surface area contributed by atoms with Gasteiger partial charge in [0.15, 0.2) is 11.6 Å². The van der Waals surface area contributed by atoms with Crippen molar-refractivity contribution in [2.75, 3.05) is 131 Å². The number of carboxylic acid groups (broad SMARTS) is 6. The number of hydrogen-bond donors (Lipinski definition) is 7. The summed E-state index contributed by atoms with van der Waals surface area (Å²) in [4.78, 5) is 147. The lowest BCUT2D eigenvalue weighted by atomic mass is 9.94. The van der Waals surface area contributed by atoms with Crippen molar-refractivity contribution in [2.45, 2.75) is 65.0 Å². The summed E-state index contributed by atoms with van der Waals surface area (Å²) >= 11 is 0. The minimum Gasteiger partial charge on any atom is -0.480 e. The Morgan fingerprint density at radius 3 is 1.01 bits per heavy atom. The number of aromatic nitrogens is 3. The van der Waals surface area contributed by atoms with E-state index < -0.39 is 53.3 Å². The van der Waals surface area contributed by atoms with Crippen molar-refractivity contribution in [2.24, 2.45) is 0 Å². The molecule has 0 unspecified atom stereocenters. The standard InChI is InChI=1S/C59H77N13O15/c1-64-10-12-69(33-55(79)80)27-49-23-44(24-50(62-49)28-70(13-11-64)34-56(81)82)63-59(87)43-21-41(51(73)18-39-14-45-25-67(31-53(75)76)8-4-6-65(2)37-71(35-57(83)84)29-47(16-39)60-45)20-42(22-43)52(74)19-40-15-46-26-68(32-54(77)78)9-5-7-66(3)38-72(36-58(85)86)30-48(17-40)61-46/h14-17,20-24H,4-13,18-19,25-38H2,1-3H3,(H,75,76)(H,77,78)(H,79,80)(H,81,82)(H,83,84)(H,85,86)(H,62,63,87). The fourth-order valence-corrected chi connectivity index (χ4v) is 11.1. The molecule has 6 heterocycles. The molecule has 0 saturated heterocycles. The summed E-state index contributed by atoms with van der Waals surface area (Å²) in [5.41, 5.74) is 3.31. The van der Waals surface area contributed by atoms with Crippen molar-refractivity contribution in [3.8, 4) is 0 Å². The molecule has 6 bridgehead atoms. The molecule has 7 N–H and O–H groups in total. The number of fused-ring (bicyclic) bond motifs is 6. The minimum atomic E-state index is -1.07. The van der Waals surface area contributed by atoms with Gasteiger partial charge in [0.1, 0.15) is 0 Å². The molecule has 0 spiro atoms. The zero-order chi connectivity index (χ0) is 62.9. The molecule has 28 heteroatoms. The largest absolute Gasteiger partial charge is 0.480 e. The van der Waals surface area contributed by atoms with E-state index in [-0.39, 0.29) is 127 Å². The van der Waals surface area contributed by atoms with E-state index in [0.29, 0.717) is 110 Å². The molecule has 1 amide bonds. The van der Waals surface area contributed by atoms with Crippen LogP contribution in [0.3, 0.4) is 0 Å². The Kier molecular flexibility index (Phi) is 24.1. The molecule has 0 aliphatic carbocycles. The second-order valence-electron chi connectivity index (χ2n) is 22.8. The fourth-order valence-electron chi connectivity index (χ4n) is 11.1. The second kappa shape index (κ2) is 31.5. The number of aliphatic carboxylic acids is 6. The van der Waals surface area contributed by atoms with Crippen LogP contribution in [0.15, 0.2) is 54.6 Å². The predicted octanol–water partition coefficient (Wildman–Crippen LogP) is 0.826. The number of anilines is 1. The van der Waals surface area contributed by atoms with Crippen LogP contribution < -0.4 is 5.32 Å². The molecule has 1 aromatic carbocycles. The summed E-state index contributed by atoms with van der Waals surface area (Å²) in [7, 11) is 5.52. The first kappa shape index (κ1) is 66.5. The zero-order valence-corrected chi connectivity index (χ0v) is 49.3. The maximum absolute atomic E-state index is 14.9. The average Bonchev–Trinajstić information content (AvgIpc) is 3.57. The SMILES string of the molecule is CN1CCN(CC(=O)O)Cc2cc(NC(=O)c3cc(C(=O)Cc4cc5nc(c4)CN(CC(=O)O)CN(C)CCCN(CC(=O)O)C5)cc(C(=O)Cc4cc5nc(c4)CN(CC(=O)O)CN(C)CCCN(CC(=O)O)C5)c3)cc(n2)CN(CC(=O)O)CC1. The number of benzene rings is 1. The van der Waals surface area contributed by atoms with E-state index in [2.05, 4.69) is 5.32 Å². The van der Waals surface area contributed by atoms with Crippen molar-refractivity contribution < 1.29 is 73.8 Å². The van der Waals surface area contributed by atoms with Gasteiger partial charge in [0.05, 0.1) is 86.8 Å². The number of amides is 1. The van der Waals surface area contributed by atoms with E-state index in [1.807, 2.05) is 35.8 Å². The van der Waals surface area contributed by atoms with Crippen LogP contribution in [0.1, 0.15) is 89.2 Å². The van der Waals surface area contributed by atoms with Gasteiger partial charge in [-0.3, -0.25) is 97.3 Å². The number of carboxylic acids is 6. The highest BCUT2D eigenvalue weighted by molar-refractivity contribution is 6.10. The summed E-state index contributed by atoms with van der Waals surface area (Å²) < 4.78 is 0. The Morgan fingerprint density at radius 1 is 0.368 bits per heavy atom. The van der Waals surface area contributed by atoms with E-state index in [9.17, 15) is 73.8 Å². The summed E-state index contributed by atoms with van der Waals surface area (Å²) in [6.07, 6.45) is 0.517. The summed E-state index contributed by atoms with van der Waals surface area (Å²) in [6.45, 7) is 2.48. The van der Waals surface area contributed by atoms with Crippen LogP contribution in [-0.4, -0.2) is 269 Å². The Morgan fingerprint density at radius 2 is 0.667 bits per heavy atom. The average molecular weight is 1210 g/mol. The molecule has 3 aliphatic rings. The van der Waals surface area contributed by atoms with E-state index in [1.54, 1.807) is 65.8 Å².